The third kappa shape index (κ3) is 1.58. The fraction of sp³-hybridized carbons (Fsp3) is 0.250. The van der Waals surface area contributed by atoms with Crippen LogP contribution in [-0.4, -0.2) is 19.6 Å². The van der Waals surface area contributed by atoms with Crippen LogP contribution < -0.4 is 14.6 Å². The average Bonchev–Trinajstić information content (AvgIpc) is 2.81. The molecule has 4 rings (SSSR count). The first kappa shape index (κ1) is 10.8. The second kappa shape index (κ2) is 3.59. The second-order valence-electron chi connectivity index (χ2n) is 3.24. The van der Waals surface area contributed by atoms with Gasteiger partial charge in [0.25, 0.3) is 0 Å². The molecule has 0 N–H and O–H groups in total. The van der Waals surface area contributed by atoms with Crippen LogP contribution in [0.2, 0.25) is 0 Å². The molecule has 8 nitrogen and oxygen atoms in total. The normalized spacial score (nSPS) is 30.0. The van der Waals surface area contributed by atoms with Crippen LogP contribution in [0.3, 0.4) is 0 Å². The molecule has 3 aliphatic heterocycles. The van der Waals surface area contributed by atoms with Crippen molar-refractivity contribution in [2.45, 2.75) is 0 Å². The summed E-state index contributed by atoms with van der Waals surface area (Å²) in [5, 5.41) is 1.97. The van der Waals surface area contributed by atoms with E-state index in [1.54, 1.807) is 18.2 Å². The van der Waals surface area contributed by atoms with Crippen LogP contribution in [-0.2, 0) is 18.4 Å². The lowest BCUT2D eigenvalue weighted by Gasteiger charge is -2.22. The lowest BCUT2D eigenvalue weighted by molar-refractivity contribution is -0.318. The highest BCUT2D eigenvalue weighted by Gasteiger charge is 2.60. The van der Waals surface area contributed by atoms with Gasteiger partial charge in [0, 0.05) is 6.07 Å². The van der Waals surface area contributed by atoms with Crippen LogP contribution in [0.4, 0.5) is 5.69 Å². The molecule has 0 amide bonds. The number of methoxy groups -OCH3 is 2. The summed E-state index contributed by atoms with van der Waals surface area (Å²) in [7, 11) is -0.381. The molecule has 3 aliphatic rings. The number of anilines is 1. The van der Waals surface area contributed by atoms with Gasteiger partial charge in [-0.25, -0.2) is 4.57 Å². The summed E-state index contributed by atoms with van der Waals surface area (Å²) >= 11 is 0. The maximum absolute atomic E-state index is 11.4. The van der Waals surface area contributed by atoms with Crippen LogP contribution in [0.1, 0.15) is 0 Å². The quantitative estimate of drug-likeness (QED) is 0.760. The standard InChI is InChI=1S/C8H9N2O6P/c1-12-6-3-4-8(13-2)7(5-6)9-10-15-17(11,14-9)16-10/h3-5H,1-2H3. The van der Waals surface area contributed by atoms with Gasteiger partial charge in [0.05, 0.1) is 19.6 Å². The first-order valence-electron chi connectivity index (χ1n) is 4.66. The molecular weight excluding hydrogens is 251 g/mol. The number of hydrazine groups is 1. The molecule has 2 bridgehead atoms. The lowest BCUT2D eigenvalue weighted by atomic mass is 10.3. The summed E-state index contributed by atoms with van der Waals surface area (Å²) in [6.07, 6.45) is 0. The summed E-state index contributed by atoms with van der Waals surface area (Å²) in [4.78, 5) is 0. The Balaban J connectivity index is 1.98. The van der Waals surface area contributed by atoms with Gasteiger partial charge in [0.1, 0.15) is 17.2 Å². The van der Waals surface area contributed by atoms with Crippen molar-refractivity contribution in [2.75, 3.05) is 19.4 Å². The largest absolute Gasteiger partial charge is 0.538 e. The van der Waals surface area contributed by atoms with E-state index in [9.17, 15) is 4.57 Å². The van der Waals surface area contributed by atoms with Gasteiger partial charge >= 0.3 is 7.82 Å². The van der Waals surface area contributed by atoms with Crippen LogP contribution in [0, 0.1) is 0 Å². The Kier molecular flexibility index (Phi) is 2.29. The summed E-state index contributed by atoms with van der Waals surface area (Å²) in [6, 6.07) is 5.05. The Morgan fingerprint density at radius 3 is 2.47 bits per heavy atom. The monoisotopic (exact) mass is 260 g/mol. The van der Waals surface area contributed by atoms with Gasteiger partial charge in [-0.3, -0.25) is 0 Å². The Labute approximate surface area is 96.6 Å². The van der Waals surface area contributed by atoms with Crippen molar-refractivity contribution in [3.8, 4) is 11.5 Å². The Bertz CT molecular complexity index is 499. The molecule has 9 heteroatoms. The molecule has 3 fully saturated rings. The van der Waals surface area contributed by atoms with Crippen molar-refractivity contribution in [3.63, 3.8) is 0 Å². The molecule has 1 aromatic rings. The van der Waals surface area contributed by atoms with Gasteiger partial charge in [0.2, 0.25) is 0 Å². The molecule has 1 aromatic carbocycles. The zero-order chi connectivity index (χ0) is 12.0. The van der Waals surface area contributed by atoms with Crippen LogP contribution in [0.15, 0.2) is 18.2 Å². The number of nitrogens with zero attached hydrogens (tertiary/aromatic N) is 2. The van der Waals surface area contributed by atoms with Gasteiger partial charge in [-0.1, -0.05) is 0 Å². The van der Waals surface area contributed by atoms with E-state index in [4.69, 9.17) is 23.3 Å². The highest BCUT2D eigenvalue weighted by atomic mass is 31.2. The molecule has 0 aromatic heterocycles. The Morgan fingerprint density at radius 1 is 1.18 bits per heavy atom. The third-order valence-electron chi connectivity index (χ3n) is 2.26. The van der Waals surface area contributed by atoms with E-state index in [1.165, 1.54) is 14.2 Å². The fourth-order valence-electron chi connectivity index (χ4n) is 1.48. The molecule has 0 spiro atoms. The number of hydrogen-bond donors (Lipinski definition) is 0. The molecule has 0 aliphatic carbocycles. The average molecular weight is 260 g/mol. The van der Waals surface area contributed by atoms with Gasteiger partial charge in [-0.05, 0) is 12.1 Å². The van der Waals surface area contributed by atoms with Crippen molar-refractivity contribution in [3.05, 3.63) is 18.2 Å². The minimum Gasteiger partial charge on any atom is -0.497 e. The SMILES string of the molecule is COc1ccc(OC)c(N2OP3(=O)ON2O3)c1. The van der Waals surface area contributed by atoms with Gasteiger partial charge < -0.3 is 9.47 Å². The zero-order valence-corrected chi connectivity index (χ0v) is 9.92. The maximum Gasteiger partial charge on any atom is 0.538 e. The molecule has 0 saturated carbocycles. The highest BCUT2D eigenvalue weighted by molar-refractivity contribution is 7.49. The number of benzene rings is 1. The summed E-state index contributed by atoms with van der Waals surface area (Å²) in [5.41, 5.74) is 0.460. The van der Waals surface area contributed by atoms with Crippen molar-refractivity contribution in [1.82, 2.24) is 5.34 Å². The van der Waals surface area contributed by atoms with Crippen LogP contribution in [0.25, 0.3) is 0 Å². The van der Waals surface area contributed by atoms with E-state index < -0.39 is 7.82 Å². The van der Waals surface area contributed by atoms with E-state index in [2.05, 4.69) is 0 Å². The molecule has 3 saturated heterocycles. The maximum atomic E-state index is 11.4. The van der Waals surface area contributed by atoms with E-state index in [-0.39, 0.29) is 0 Å². The van der Waals surface area contributed by atoms with E-state index in [0.29, 0.717) is 17.2 Å². The topological polar surface area (TPSA) is 69.7 Å². The summed E-state index contributed by atoms with van der Waals surface area (Å²) in [6.45, 7) is 0. The number of rotatable bonds is 3. The fourth-order valence-corrected chi connectivity index (χ4v) is 2.36. The van der Waals surface area contributed by atoms with E-state index in [0.717, 1.165) is 10.5 Å². The van der Waals surface area contributed by atoms with Gasteiger partial charge in [0.15, 0.2) is 0 Å². The Hall–Kier alpha value is -1.31. The number of ether oxygens (including phenoxy) is 2. The van der Waals surface area contributed by atoms with Crippen molar-refractivity contribution in [1.29, 1.82) is 0 Å². The third-order valence-corrected chi connectivity index (χ3v) is 3.29. The van der Waals surface area contributed by atoms with Crippen LogP contribution >= 0.6 is 7.82 Å². The highest BCUT2D eigenvalue weighted by Crippen LogP contribution is 2.68. The summed E-state index contributed by atoms with van der Waals surface area (Å²) in [5.74, 6) is 1.09. The Morgan fingerprint density at radius 2 is 1.94 bits per heavy atom. The first-order valence-corrected chi connectivity index (χ1v) is 6.12. The first-order chi connectivity index (χ1) is 8.15. The second-order valence-corrected chi connectivity index (χ2v) is 4.63. The van der Waals surface area contributed by atoms with Crippen molar-refractivity contribution >= 4 is 13.5 Å². The van der Waals surface area contributed by atoms with E-state index >= 15 is 0 Å². The lowest BCUT2D eigenvalue weighted by Crippen LogP contribution is -2.34. The van der Waals surface area contributed by atoms with Gasteiger partial charge in [-0.15, -0.1) is 19.0 Å². The summed E-state index contributed by atoms with van der Waals surface area (Å²) < 4.78 is 36.1. The molecule has 0 atom stereocenters. The van der Waals surface area contributed by atoms with Crippen molar-refractivity contribution in [2.24, 2.45) is 0 Å². The minimum absolute atomic E-state index is 0.460. The molecule has 0 unspecified atom stereocenters. The number of hydrogen-bond acceptors (Lipinski definition) is 8. The number of fused-ring (bicyclic) bond motifs is 1. The number of phosphoric acid groups is 1. The van der Waals surface area contributed by atoms with E-state index in [1.807, 2.05) is 0 Å². The molecular formula is C8H9N2O6P. The smallest absolute Gasteiger partial charge is 0.497 e. The minimum atomic E-state index is -3.42. The van der Waals surface area contributed by atoms with Crippen molar-refractivity contribution < 1.29 is 27.9 Å². The van der Waals surface area contributed by atoms with Crippen LogP contribution in [0.5, 0.6) is 11.5 Å². The molecule has 17 heavy (non-hydrogen) atoms. The molecule has 0 radical (unpaired) electrons. The predicted molar refractivity (Wildman–Crippen MR) is 54.7 cm³/mol. The predicted octanol–water partition coefficient (Wildman–Crippen LogP) is 1.66. The zero-order valence-electron chi connectivity index (χ0n) is 9.02. The van der Waals surface area contributed by atoms with Gasteiger partial charge in [-0.2, -0.15) is 0 Å². The molecule has 92 valence electrons. The molecule has 3 heterocycles.